The van der Waals surface area contributed by atoms with Crippen LogP contribution in [0.15, 0.2) is 85.1 Å². The van der Waals surface area contributed by atoms with Crippen LogP contribution in [0, 0.1) is 0 Å². The van der Waals surface area contributed by atoms with Gasteiger partial charge in [-0.25, -0.2) is 0 Å². The minimum absolute atomic E-state index is 0.0906. The Hall–Kier alpha value is -3.41. The Balaban J connectivity index is 4.46. The molecule has 0 aromatic rings. The standard InChI is InChI=1S/C63H108O6/c1-4-7-10-13-16-19-22-25-27-29-31-33-35-38-41-44-47-50-53-56-62(65)68-59-60(58-67-61(64)55-52-49-46-43-40-37-24-21-18-15-12-9-6-3)69-63(66)57-54-51-48-45-42-39-36-34-32-30-28-26-23-20-17-14-11-8-5-2/h16-17,19-20,25-28,31-34,38,41,60H,4-15,18,21-24,29-30,35-37,39-40,42-59H2,1-3H3/b19-16-,20-17-,27-25-,28-26-,33-31-,34-32-,41-38-/t60-/m1/s1. The van der Waals surface area contributed by atoms with Crippen molar-refractivity contribution < 1.29 is 28.6 Å². The van der Waals surface area contributed by atoms with E-state index in [1.165, 1.54) is 128 Å². The van der Waals surface area contributed by atoms with Gasteiger partial charge in [-0.3, -0.25) is 14.4 Å². The van der Waals surface area contributed by atoms with E-state index in [4.69, 9.17) is 14.2 Å². The van der Waals surface area contributed by atoms with E-state index < -0.39 is 6.10 Å². The highest BCUT2D eigenvalue weighted by molar-refractivity contribution is 5.71. The van der Waals surface area contributed by atoms with Crippen LogP contribution in [-0.2, 0) is 28.6 Å². The molecule has 0 saturated carbocycles. The van der Waals surface area contributed by atoms with Crippen LogP contribution in [0.1, 0.15) is 278 Å². The van der Waals surface area contributed by atoms with Crippen molar-refractivity contribution in [3.63, 3.8) is 0 Å². The molecule has 0 fully saturated rings. The highest BCUT2D eigenvalue weighted by Crippen LogP contribution is 2.15. The average Bonchev–Trinajstić information content (AvgIpc) is 3.35. The Morgan fingerprint density at radius 2 is 0.522 bits per heavy atom. The molecule has 0 heterocycles. The van der Waals surface area contributed by atoms with Gasteiger partial charge in [0.25, 0.3) is 0 Å². The molecule has 0 rings (SSSR count). The lowest BCUT2D eigenvalue weighted by atomic mass is 10.0. The summed E-state index contributed by atoms with van der Waals surface area (Å²) < 4.78 is 16.8. The first-order valence-electron chi connectivity index (χ1n) is 29.1. The first-order valence-corrected chi connectivity index (χ1v) is 29.1. The highest BCUT2D eigenvalue weighted by Gasteiger charge is 2.19. The summed E-state index contributed by atoms with van der Waals surface area (Å²) in [6.45, 7) is 6.56. The van der Waals surface area contributed by atoms with Gasteiger partial charge < -0.3 is 14.2 Å². The number of carbonyl (C=O) groups excluding carboxylic acids is 3. The van der Waals surface area contributed by atoms with Crippen LogP contribution in [0.25, 0.3) is 0 Å². The SMILES string of the molecule is CCCCC/C=C\C/C=C\C/C=C\C/C=C\CCCCCC(=O)OC[C@@H](COC(=O)CCCCCCCCCCCCCCC)OC(=O)CCCCCCCC/C=C\C/C=C\C/C=C\CCCCC. The molecule has 0 aliphatic carbocycles. The minimum atomic E-state index is -0.796. The summed E-state index contributed by atoms with van der Waals surface area (Å²) in [7, 11) is 0. The van der Waals surface area contributed by atoms with Gasteiger partial charge in [0.2, 0.25) is 0 Å². The second-order valence-corrected chi connectivity index (χ2v) is 19.2. The van der Waals surface area contributed by atoms with Crippen LogP contribution >= 0.6 is 0 Å². The number of unbranched alkanes of at least 4 members (excludes halogenated alkanes) is 27. The van der Waals surface area contributed by atoms with Gasteiger partial charge in [-0.15, -0.1) is 0 Å². The zero-order valence-electron chi connectivity index (χ0n) is 45.3. The summed E-state index contributed by atoms with van der Waals surface area (Å²) >= 11 is 0. The third-order valence-electron chi connectivity index (χ3n) is 12.4. The molecule has 0 radical (unpaired) electrons. The molecule has 1 atom stereocenters. The van der Waals surface area contributed by atoms with E-state index in [2.05, 4.69) is 106 Å². The zero-order chi connectivity index (χ0) is 50.0. The van der Waals surface area contributed by atoms with Gasteiger partial charge in [-0.2, -0.15) is 0 Å². The summed E-state index contributed by atoms with van der Waals surface area (Å²) in [6, 6.07) is 0. The van der Waals surface area contributed by atoms with Gasteiger partial charge in [0, 0.05) is 19.3 Å². The van der Waals surface area contributed by atoms with Crippen LogP contribution in [0.4, 0.5) is 0 Å². The molecule has 0 aliphatic heterocycles. The minimum Gasteiger partial charge on any atom is -0.462 e. The summed E-state index contributed by atoms with van der Waals surface area (Å²) in [5, 5.41) is 0. The number of allylic oxidation sites excluding steroid dienone is 14. The van der Waals surface area contributed by atoms with E-state index in [9.17, 15) is 14.4 Å². The molecule has 0 N–H and O–H groups in total. The summed E-state index contributed by atoms with van der Waals surface area (Å²) in [5.41, 5.74) is 0. The fourth-order valence-corrected chi connectivity index (χ4v) is 7.96. The van der Waals surface area contributed by atoms with Gasteiger partial charge in [0.05, 0.1) is 0 Å². The largest absolute Gasteiger partial charge is 0.462 e. The maximum atomic E-state index is 12.9. The number of ether oxygens (including phenoxy) is 3. The molecular weight excluding hydrogens is 853 g/mol. The van der Waals surface area contributed by atoms with Crippen molar-refractivity contribution in [3.05, 3.63) is 85.1 Å². The maximum absolute atomic E-state index is 12.9. The topological polar surface area (TPSA) is 78.9 Å². The molecule has 0 saturated heterocycles. The lowest BCUT2D eigenvalue weighted by molar-refractivity contribution is -0.167. The van der Waals surface area contributed by atoms with Crippen LogP contribution < -0.4 is 0 Å². The first kappa shape index (κ1) is 65.6. The quantitative estimate of drug-likeness (QED) is 0.0262. The number of hydrogen-bond donors (Lipinski definition) is 0. The zero-order valence-corrected chi connectivity index (χ0v) is 45.3. The molecule has 0 aliphatic rings. The second kappa shape index (κ2) is 57.2. The van der Waals surface area contributed by atoms with Crippen LogP contribution in [0.5, 0.6) is 0 Å². The van der Waals surface area contributed by atoms with E-state index in [-0.39, 0.29) is 31.1 Å². The summed E-state index contributed by atoms with van der Waals surface area (Å²) in [6.07, 6.45) is 74.2. The van der Waals surface area contributed by atoms with Crippen LogP contribution in [0.2, 0.25) is 0 Å². The van der Waals surface area contributed by atoms with Crippen molar-refractivity contribution in [2.24, 2.45) is 0 Å². The number of carbonyl (C=O) groups is 3. The number of hydrogen-bond acceptors (Lipinski definition) is 6. The van der Waals surface area contributed by atoms with Crippen molar-refractivity contribution in [2.75, 3.05) is 13.2 Å². The lowest BCUT2D eigenvalue weighted by Crippen LogP contribution is -2.30. The summed E-state index contributed by atoms with van der Waals surface area (Å²) in [4.78, 5) is 38.2. The van der Waals surface area contributed by atoms with Crippen molar-refractivity contribution in [2.45, 2.75) is 284 Å². The molecule has 0 unspecified atom stereocenters. The molecule has 6 nitrogen and oxygen atoms in total. The van der Waals surface area contributed by atoms with Crippen molar-refractivity contribution in [1.82, 2.24) is 0 Å². The van der Waals surface area contributed by atoms with Crippen LogP contribution in [-0.4, -0.2) is 37.2 Å². The molecule has 0 spiro atoms. The highest BCUT2D eigenvalue weighted by atomic mass is 16.6. The van der Waals surface area contributed by atoms with Gasteiger partial charge in [0.1, 0.15) is 13.2 Å². The van der Waals surface area contributed by atoms with Gasteiger partial charge >= 0.3 is 17.9 Å². The normalized spacial score (nSPS) is 12.7. The Morgan fingerprint density at radius 1 is 0.290 bits per heavy atom. The predicted molar refractivity (Wildman–Crippen MR) is 297 cm³/mol. The smallest absolute Gasteiger partial charge is 0.306 e. The second-order valence-electron chi connectivity index (χ2n) is 19.2. The first-order chi connectivity index (χ1) is 34.0. The van der Waals surface area contributed by atoms with Crippen molar-refractivity contribution in [1.29, 1.82) is 0 Å². The monoisotopic (exact) mass is 961 g/mol. The molecule has 396 valence electrons. The third-order valence-corrected chi connectivity index (χ3v) is 12.4. The molecule has 6 heteroatoms. The van der Waals surface area contributed by atoms with Gasteiger partial charge in [-0.1, -0.05) is 241 Å². The Bertz CT molecular complexity index is 1330. The molecule has 0 bridgehead atoms. The van der Waals surface area contributed by atoms with E-state index in [1.807, 2.05) is 0 Å². The average molecular weight is 962 g/mol. The van der Waals surface area contributed by atoms with Gasteiger partial charge in [-0.05, 0) is 103 Å². The lowest BCUT2D eigenvalue weighted by Gasteiger charge is -2.18. The third kappa shape index (κ3) is 55.4. The molecule has 0 aromatic carbocycles. The number of rotatable bonds is 52. The predicted octanol–water partition coefficient (Wildman–Crippen LogP) is 19.5. The van der Waals surface area contributed by atoms with E-state index >= 15 is 0 Å². The Morgan fingerprint density at radius 3 is 0.855 bits per heavy atom. The van der Waals surface area contributed by atoms with E-state index in [0.29, 0.717) is 19.3 Å². The summed E-state index contributed by atoms with van der Waals surface area (Å²) in [5.74, 6) is -0.929. The van der Waals surface area contributed by atoms with E-state index in [1.54, 1.807) is 0 Å². The fourth-order valence-electron chi connectivity index (χ4n) is 7.96. The maximum Gasteiger partial charge on any atom is 0.306 e. The molecular formula is C63H108O6. The molecule has 0 amide bonds. The van der Waals surface area contributed by atoms with E-state index in [0.717, 1.165) is 109 Å². The number of esters is 3. The Labute approximate surface area is 426 Å². The fraction of sp³-hybridized carbons (Fsp3) is 0.730. The molecule has 0 aromatic heterocycles. The van der Waals surface area contributed by atoms with Crippen molar-refractivity contribution in [3.8, 4) is 0 Å². The molecule has 69 heavy (non-hydrogen) atoms. The van der Waals surface area contributed by atoms with Crippen LogP contribution in [0.3, 0.4) is 0 Å². The van der Waals surface area contributed by atoms with Gasteiger partial charge in [0.15, 0.2) is 6.10 Å². The van der Waals surface area contributed by atoms with Crippen molar-refractivity contribution >= 4 is 17.9 Å². The Kier molecular flexibility index (Phi) is 54.3.